The van der Waals surface area contributed by atoms with Gasteiger partial charge in [-0.05, 0) is 56.2 Å². The number of furan rings is 1. The molecule has 4 heterocycles. The number of nitrogens with zero attached hydrogens (tertiary/aromatic N) is 4. The molecule has 0 bridgehead atoms. The van der Waals surface area contributed by atoms with Crippen molar-refractivity contribution in [1.29, 1.82) is 0 Å². The van der Waals surface area contributed by atoms with E-state index in [1.54, 1.807) is 25.2 Å². The second-order valence-corrected chi connectivity index (χ2v) is 8.20. The number of pyridine rings is 1. The summed E-state index contributed by atoms with van der Waals surface area (Å²) < 4.78 is 18.3. The number of hydrogen-bond acceptors (Lipinski definition) is 6. The summed E-state index contributed by atoms with van der Waals surface area (Å²) in [5.41, 5.74) is 3.55. The zero-order chi connectivity index (χ0) is 23.1. The van der Waals surface area contributed by atoms with E-state index in [1.165, 1.54) is 0 Å². The Morgan fingerprint density at radius 3 is 2.76 bits per heavy atom. The molecule has 3 aromatic heterocycles. The zero-order valence-electron chi connectivity index (χ0n) is 19.2. The molecule has 1 saturated heterocycles. The fourth-order valence-corrected chi connectivity index (χ4v) is 4.75. The summed E-state index contributed by atoms with van der Waals surface area (Å²) in [4.78, 5) is 20.7. The molecule has 1 amide bonds. The highest BCUT2D eigenvalue weighted by Crippen LogP contribution is 2.40. The molecule has 0 N–H and O–H groups in total. The number of rotatable bonds is 5. The van der Waals surface area contributed by atoms with Crippen LogP contribution in [0.25, 0.3) is 22.5 Å². The molecule has 4 aromatic rings. The van der Waals surface area contributed by atoms with Crippen molar-refractivity contribution in [3.05, 3.63) is 59.5 Å². The Labute approximate surface area is 191 Å². The van der Waals surface area contributed by atoms with Gasteiger partial charge in [-0.1, -0.05) is 0 Å². The van der Waals surface area contributed by atoms with Crippen molar-refractivity contribution >= 4 is 16.9 Å². The molecule has 0 saturated carbocycles. The van der Waals surface area contributed by atoms with Crippen molar-refractivity contribution < 1.29 is 18.7 Å². The number of carbonyl (C=O) groups is 1. The number of amides is 1. The molecule has 1 aromatic carbocycles. The molecule has 8 heteroatoms. The summed E-state index contributed by atoms with van der Waals surface area (Å²) in [5.74, 6) is 2.03. The van der Waals surface area contributed by atoms with E-state index in [1.807, 2.05) is 55.3 Å². The molecule has 1 unspecified atom stereocenters. The number of benzene rings is 1. The fourth-order valence-electron chi connectivity index (χ4n) is 4.75. The van der Waals surface area contributed by atoms with E-state index in [-0.39, 0.29) is 11.9 Å². The Morgan fingerprint density at radius 1 is 1.18 bits per heavy atom. The number of hydrogen-bond donors (Lipinski definition) is 0. The van der Waals surface area contributed by atoms with Crippen molar-refractivity contribution in [2.24, 2.45) is 7.05 Å². The SMILES string of the molecule is COc1ccc(OC)c(C2CCCN2C(=O)c2cc(-c3ccco3)nc3c2c(C)nn3C)c1. The molecule has 0 spiro atoms. The maximum Gasteiger partial charge on any atom is 0.255 e. The van der Waals surface area contributed by atoms with Crippen LogP contribution < -0.4 is 9.47 Å². The van der Waals surface area contributed by atoms with Gasteiger partial charge < -0.3 is 18.8 Å². The van der Waals surface area contributed by atoms with Crippen LogP contribution in [0.15, 0.2) is 47.1 Å². The molecular formula is C25H26N4O4. The lowest BCUT2D eigenvalue weighted by molar-refractivity contribution is 0.0736. The predicted molar refractivity (Wildman–Crippen MR) is 124 cm³/mol. The van der Waals surface area contributed by atoms with E-state index in [0.29, 0.717) is 29.2 Å². The topological polar surface area (TPSA) is 82.6 Å². The number of aryl methyl sites for hydroxylation is 2. The molecule has 1 aliphatic heterocycles. The highest BCUT2D eigenvalue weighted by Gasteiger charge is 2.34. The molecule has 0 aliphatic carbocycles. The summed E-state index contributed by atoms with van der Waals surface area (Å²) in [6.07, 6.45) is 3.35. The van der Waals surface area contributed by atoms with Gasteiger partial charge in [0.05, 0.1) is 43.2 Å². The van der Waals surface area contributed by atoms with E-state index in [0.717, 1.165) is 41.0 Å². The first-order valence-electron chi connectivity index (χ1n) is 10.9. The second-order valence-electron chi connectivity index (χ2n) is 8.20. The summed E-state index contributed by atoms with van der Waals surface area (Å²) >= 11 is 0. The number of carbonyl (C=O) groups excluding carboxylic acids is 1. The van der Waals surface area contributed by atoms with Crippen LogP contribution in [-0.4, -0.2) is 46.3 Å². The molecule has 170 valence electrons. The van der Waals surface area contributed by atoms with Gasteiger partial charge in [0.25, 0.3) is 5.91 Å². The average molecular weight is 447 g/mol. The lowest BCUT2D eigenvalue weighted by atomic mass is 10.0. The Bertz CT molecular complexity index is 1330. The van der Waals surface area contributed by atoms with E-state index >= 15 is 0 Å². The summed E-state index contributed by atoms with van der Waals surface area (Å²) in [7, 11) is 5.12. The zero-order valence-corrected chi connectivity index (χ0v) is 19.2. The maximum atomic E-state index is 14.0. The number of ether oxygens (including phenoxy) is 2. The largest absolute Gasteiger partial charge is 0.497 e. The number of fused-ring (bicyclic) bond motifs is 1. The fraction of sp³-hybridized carbons (Fsp3) is 0.320. The van der Waals surface area contributed by atoms with E-state index in [4.69, 9.17) is 18.9 Å². The molecule has 1 aliphatic rings. The van der Waals surface area contributed by atoms with Gasteiger partial charge >= 0.3 is 0 Å². The minimum atomic E-state index is -0.116. The third kappa shape index (κ3) is 3.51. The van der Waals surface area contributed by atoms with Gasteiger partial charge in [-0.2, -0.15) is 5.10 Å². The number of methoxy groups -OCH3 is 2. The first kappa shape index (κ1) is 21.1. The monoisotopic (exact) mass is 446 g/mol. The third-order valence-electron chi connectivity index (χ3n) is 6.28. The van der Waals surface area contributed by atoms with Gasteiger partial charge in [0.2, 0.25) is 0 Å². The molecule has 1 atom stereocenters. The molecule has 33 heavy (non-hydrogen) atoms. The molecule has 5 rings (SSSR count). The van der Waals surface area contributed by atoms with E-state index in [2.05, 4.69) is 5.10 Å². The number of likely N-dealkylation sites (tertiary alicyclic amines) is 1. The Morgan fingerprint density at radius 2 is 2.03 bits per heavy atom. The van der Waals surface area contributed by atoms with E-state index in [9.17, 15) is 4.79 Å². The normalized spacial score (nSPS) is 15.9. The van der Waals surface area contributed by atoms with Crippen LogP contribution >= 0.6 is 0 Å². The maximum absolute atomic E-state index is 14.0. The van der Waals surface area contributed by atoms with Crippen molar-refractivity contribution in [2.45, 2.75) is 25.8 Å². The minimum Gasteiger partial charge on any atom is -0.497 e. The minimum absolute atomic E-state index is 0.0568. The lowest BCUT2D eigenvalue weighted by Gasteiger charge is -2.27. The average Bonchev–Trinajstić information content (AvgIpc) is 3.59. The quantitative estimate of drug-likeness (QED) is 0.448. The van der Waals surface area contributed by atoms with Crippen LogP contribution in [0.1, 0.15) is 40.5 Å². The van der Waals surface area contributed by atoms with Crippen molar-refractivity contribution in [1.82, 2.24) is 19.7 Å². The van der Waals surface area contributed by atoms with Gasteiger partial charge in [-0.25, -0.2) is 4.98 Å². The van der Waals surface area contributed by atoms with Crippen LogP contribution in [0.5, 0.6) is 11.5 Å². The Hall–Kier alpha value is -3.81. The third-order valence-corrected chi connectivity index (χ3v) is 6.28. The first-order chi connectivity index (χ1) is 16.0. The van der Waals surface area contributed by atoms with Crippen LogP contribution in [0.4, 0.5) is 0 Å². The van der Waals surface area contributed by atoms with Gasteiger partial charge in [0.1, 0.15) is 17.2 Å². The molecular weight excluding hydrogens is 420 g/mol. The Balaban J connectivity index is 1.63. The lowest BCUT2D eigenvalue weighted by Crippen LogP contribution is -2.31. The molecule has 1 fully saturated rings. The van der Waals surface area contributed by atoms with Crippen LogP contribution in [0.2, 0.25) is 0 Å². The van der Waals surface area contributed by atoms with Crippen LogP contribution in [0, 0.1) is 6.92 Å². The van der Waals surface area contributed by atoms with Crippen molar-refractivity contribution in [2.75, 3.05) is 20.8 Å². The highest BCUT2D eigenvalue weighted by atomic mass is 16.5. The standard InChI is InChI=1S/C25H26N4O4/c1-15-23-18(14-19(22-8-6-12-33-22)26-24(23)28(2)27-15)25(30)29-11-5-7-20(29)17-13-16(31-3)9-10-21(17)32-4/h6,8-10,12-14,20H,5,7,11H2,1-4H3. The molecule has 8 nitrogen and oxygen atoms in total. The van der Waals surface area contributed by atoms with Crippen LogP contribution in [0.3, 0.4) is 0 Å². The first-order valence-corrected chi connectivity index (χ1v) is 10.9. The number of aromatic nitrogens is 3. The molecule has 0 radical (unpaired) electrons. The van der Waals surface area contributed by atoms with Gasteiger partial charge in [-0.15, -0.1) is 0 Å². The predicted octanol–water partition coefficient (Wildman–Crippen LogP) is 4.53. The van der Waals surface area contributed by atoms with Gasteiger partial charge in [-0.3, -0.25) is 9.48 Å². The second kappa shape index (κ2) is 8.27. The summed E-state index contributed by atoms with van der Waals surface area (Å²) in [6.45, 7) is 2.56. The van der Waals surface area contributed by atoms with Gasteiger partial charge in [0, 0.05) is 19.2 Å². The van der Waals surface area contributed by atoms with Crippen LogP contribution in [-0.2, 0) is 7.05 Å². The van der Waals surface area contributed by atoms with Gasteiger partial charge in [0.15, 0.2) is 11.4 Å². The van der Waals surface area contributed by atoms with E-state index < -0.39 is 0 Å². The Kier molecular flexibility index (Phi) is 5.28. The highest BCUT2D eigenvalue weighted by molar-refractivity contribution is 6.07. The summed E-state index contributed by atoms with van der Waals surface area (Å²) in [6, 6.07) is 11.1. The van der Waals surface area contributed by atoms with Crippen molar-refractivity contribution in [3.8, 4) is 23.0 Å². The smallest absolute Gasteiger partial charge is 0.255 e. The van der Waals surface area contributed by atoms with Crippen molar-refractivity contribution in [3.63, 3.8) is 0 Å². The summed E-state index contributed by atoms with van der Waals surface area (Å²) in [5, 5.41) is 5.29.